The van der Waals surface area contributed by atoms with Gasteiger partial charge in [0.05, 0.1) is 11.7 Å². The van der Waals surface area contributed by atoms with Gasteiger partial charge in [0.2, 0.25) is 0 Å². The Balaban J connectivity index is 1.64. The predicted molar refractivity (Wildman–Crippen MR) is 107 cm³/mol. The first-order valence-corrected chi connectivity index (χ1v) is 9.95. The molecule has 4 rings (SSSR count). The minimum absolute atomic E-state index is 0.0755. The molecular weight excluding hydrogens is 361 g/mol. The zero-order valence-electron chi connectivity index (χ0n) is 15.4. The molecule has 0 N–H and O–H groups in total. The van der Waals surface area contributed by atoms with E-state index >= 15 is 0 Å². The van der Waals surface area contributed by atoms with E-state index in [-0.39, 0.29) is 22.8 Å². The normalized spacial score (nSPS) is 23.5. The second kappa shape index (κ2) is 7.60. The minimum Gasteiger partial charge on any atom is -0.297 e. The number of ketones is 1. The number of benzene rings is 1. The fraction of sp³-hybridized carbons (Fsp3) is 0.429. The molecule has 142 valence electrons. The van der Waals surface area contributed by atoms with E-state index in [1.807, 2.05) is 31.5 Å². The van der Waals surface area contributed by atoms with Crippen LogP contribution in [0.4, 0.5) is 4.39 Å². The Morgan fingerprint density at radius 3 is 2.74 bits per heavy atom. The van der Waals surface area contributed by atoms with Crippen molar-refractivity contribution in [3.8, 4) is 0 Å². The highest BCUT2D eigenvalue weighted by Crippen LogP contribution is 2.39. The number of nitrogens with zero attached hydrogens (tertiary/aromatic N) is 3. The van der Waals surface area contributed by atoms with Crippen LogP contribution in [0.2, 0.25) is 0 Å². The third kappa shape index (κ3) is 4.01. The lowest BCUT2D eigenvalue weighted by atomic mass is 9.93. The molecule has 0 spiro atoms. The van der Waals surface area contributed by atoms with E-state index in [0.29, 0.717) is 12.1 Å². The second-order valence-corrected chi connectivity index (χ2v) is 8.13. The number of aromatic nitrogens is 2. The maximum atomic E-state index is 14.5. The van der Waals surface area contributed by atoms with Crippen molar-refractivity contribution in [3.05, 3.63) is 59.2 Å². The molecule has 1 aliphatic carbocycles. The number of carbonyl (C=O) groups is 1. The number of thiol groups is 1. The predicted octanol–water partition coefficient (Wildman–Crippen LogP) is 3.67. The molecule has 2 aromatic rings. The van der Waals surface area contributed by atoms with Crippen molar-refractivity contribution < 1.29 is 9.18 Å². The number of likely N-dealkylation sites (tertiary alicyclic amines) is 1. The van der Waals surface area contributed by atoms with Gasteiger partial charge in [0.15, 0.2) is 5.78 Å². The van der Waals surface area contributed by atoms with E-state index in [9.17, 15) is 9.18 Å². The summed E-state index contributed by atoms with van der Waals surface area (Å²) in [6, 6.07) is 8.10. The molecule has 1 saturated heterocycles. The lowest BCUT2D eigenvalue weighted by Crippen LogP contribution is -2.42. The van der Waals surface area contributed by atoms with Gasteiger partial charge in [0, 0.05) is 43.1 Å². The Labute approximate surface area is 164 Å². The quantitative estimate of drug-likeness (QED) is 0.798. The number of halogens is 1. The molecule has 6 heteroatoms. The van der Waals surface area contributed by atoms with E-state index < -0.39 is 6.04 Å². The molecule has 2 fully saturated rings. The van der Waals surface area contributed by atoms with Gasteiger partial charge in [-0.25, -0.2) is 4.39 Å². The van der Waals surface area contributed by atoms with E-state index in [2.05, 4.69) is 10.00 Å². The van der Waals surface area contributed by atoms with Gasteiger partial charge in [0.25, 0.3) is 0 Å². The summed E-state index contributed by atoms with van der Waals surface area (Å²) < 4.78 is 16.3. The van der Waals surface area contributed by atoms with Crippen molar-refractivity contribution >= 4 is 24.5 Å². The molecule has 1 aromatic carbocycles. The fourth-order valence-electron chi connectivity index (χ4n) is 3.77. The van der Waals surface area contributed by atoms with Crippen molar-refractivity contribution in [2.24, 2.45) is 13.0 Å². The van der Waals surface area contributed by atoms with E-state index in [1.165, 1.54) is 6.07 Å². The summed E-state index contributed by atoms with van der Waals surface area (Å²) in [4.78, 5) is 15.2. The number of carbonyl (C=O) groups excluding carboxylic acids is 1. The van der Waals surface area contributed by atoms with Gasteiger partial charge >= 0.3 is 0 Å². The standard InChI is InChI=1S/C21H24FN3OS/c1-24-10-8-16(23-24)12-15-13-25(11-9-19(15)27)20(21(26)14-6-7-14)17-4-2-3-5-18(17)22/h2-5,8,10,12,14,19-20,27H,6-7,9,11,13H2,1H3. The van der Waals surface area contributed by atoms with E-state index in [1.54, 1.807) is 16.8 Å². The highest BCUT2D eigenvalue weighted by atomic mass is 32.1. The summed E-state index contributed by atoms with van der Waals surface area (Å²) in [5.41, 5.74) is 2.49. The summed E-state index contributed by atoms with van der Waals surface area (Å²) in [6.07, 6.45) is 6.61. The van der Waals surface area contributed by atoms with Crippen LogP contribution in [0.5, 0.6) is 0 Å². The lowest BCUT2D eigenvalue weighted by molar-refractivity contribution is -0.126. The number of piperidine rings is 1. The lowest BCUT2D eigenvalue weighted by Gasteiger charge is -2.37. The molecule has 27 heavy (non-hydrogen) atoms. The van der Waals surface area contributed by atoms with Crippen LogP contribution in [0, 0.1) is 11.7 Å². The van der Waals surface area contributed by atoms with Crippen LogP contribution in [0.15, 0.2) is 42.1 Å². The topological polar surface area (TPSA) is 38.1 Å². The molecule has 0 radical (unpaired) electrons. The number of hydrogen-bond acceptors (Lipinski definition) is 4. The molecule has 0 amide bonds. The molecule has 2 heterocycles. The van der Waals surface area contributed by atoms with Gasteiger partial charge < -0.3 is 0 Å². The molecule has 2 unspecified atom stereocenters. The number of Topliss-reactive ketones (excluding diaryl/α,β-unsaturated/α-hetero) is 1. The van der Waals surface area contributed by atoms with Crippen molar-refractivity contribution in [2.75, 3.05) is 13.1 Å². The van der Waals surface area contributed by atoms with Crippen LogP contribution < -0.4 is 0 Å². The maximum Gasteiger partial charge on any atom is 0.157 e. The monoisotopic (exact) mass is 385 g/mol. The van der Waals surface area contributed by atoms with Crippen LogP contribution in [-0.2, 0) is 11.8 Å². The molecule has 2 atom stereocenters. The zero-order valence-corrected chi connectivity index (χ0v) is 16.3. The largest absolute Gasteiger partial charge is 0.297 e. The highest BCUT2D eigenvalue weighted by Gasteiger charge is 2.40. The van der Waals surface area contributed by atoms with E-state index in [4.69, 9.17) is 12.6 Å². The smallest absolute Gasteiger partial charge is 0.157 e. The van der Waals surface area contributed by atoms with Crippen LogP contribution in [0.25, 0.3) is 6.08 Å². The average molecular weight is 386 g/mol. The number of rotatable bonds is 5. The third-order valence-corrected chi connectivity index (χ3v) is 5.97. The molecule has 1 aromatic heterocycles. The Kier molecular flexibility index (Phi) is 5.19. The fourth-order valence-corrected chi connectivity index (χ4v) is 4.04. The summed E-state index contributed by atoms with van der Waals surface area (Å²) in [6.45, 7) is 1.33. The number of aryl methyl sites for hydroxylation is 1. The van der Waals surface area contributed by atoms with E-state index in [0.717, 1.165) is 37.1 Å². The van der Waals surface area contributed by atoms with Gasteiger partial charge in [-0.05, 0) is 43.0 Å². The Morgan fingerprint density at radius 1 is 1.30 bits per heavy atom. The van der Waals surface area contributed by atoms with Crippen molar-refractivity contribution in [3.63, 3.8) is 0 Å². The first kappa shape index (κ1) is 18.4. The first-order chi connectivity index (χ1) is 13.0. The SMILES string of the molecule is Cn1ccc(C=C2CN(C(C(=O)C3CC3)c3ccccc3F)CCC2S)n1. The molecule has 0 bridgehead atoms. The number of hydrogen-bond donors (Lipinski definition) is 1. The van der Waals surface area contributed by atoms with Crippen LogP contribution >= 0.6 is 12.6 Å². The molecule has 2 aliphatic rings. The van der Waals surface area contributed by atoms with Crippen LogP contribution in [0.1, 0.15) is 36.6 Å². The summed E-state index contributed by atoms with van der Waals surface area (Å²) >= 11 is 4.73. The molecule has 4 nitrogen and oxygen atoms in total. The van der Waals surface area contributed by atoms with Crippen LogP contribution in [-0.4, -0.2) is 38.8 Å². The average Bonchev–Trinajstić information content (AvgIpc) is 3.42. The zero-order chi connectivity index (χ0) is 19.0. The van der Waals surface area contributed by atoms with Gasteiger partial charge in [0.1, 0.15) is 5.82 Å². The van der Waals surface area contributed by atoms with Gasteiger partial charge in [-0.1, -0.05) is 18.2 Å². The van der Waals surface area contributed by atoms with Gasteiger partial charge in [-0.3, -0.25) is 14.4 Å². The minimum atomic E-state index is -0.522. The first-order valence-electron chi connectivity index (χ1n) is 9.43. The Hall–Kier alpha value is -1.92. The van der Waals surface area contributed by atoms with Gasteiger partial charge in [-0.2, -0.15) is 17.7 Å². The third-order valence-electron chi connectivity index (χ3n) is 5.39. The van der Waals surface area contributed by atoms with Gasteiger partial charge in [-0.15, -0.1) is 0 Å². The Bertz CT molecular complexity index is 874. The maximum absolute atomic E-state index is 14.5. The van der Waals surface area contributed by atoms with Crippen LogP contribution in [0.3, 0.4) is 0 Å². The van der Waals surface area contributed by atoms with Crippen molar-refractivity contribution in [1.29, 1.82) is 0 Å². The second-order valence-electron chi connectivity index (χ2n) is 7.51. The summed E-state index contributed by atoms with van der Waals surface area (Å²) in [5, 5.41) is 4.54. The molecule has 1 aliphatic heterocycles. The Morgan fingerprint density at radius 2 is 2.07 bits per heavy atom. The summed E-state index contributed by atoms with van der Waals surface area (Å²) in [5.74, 6) is -0.0822. The highest BCUT2D eigenvalue weighted by molar-refractivity contribution is 7.81. The van der Waals surface area contributed by atoms with Crippen molar-refractivity contribution in [1.82, 2.24) is 14.7 Å². The molecular formula is C21H24FN3OS. The summed E-state index contributed by atoms with van der Waals surface area (Å²) in [7, 11) is 1.88. The molecule has 1 saturated carbocycles. The van der Waals surface area contributed by atoms with Crippen molar-refractivity contribution in [2.45, 2.75) is 30.6 Å².